The Bertz CT molecular complexity index is 1160. The Morgan fingerprint density at radius 1 is 0.769 bits per heavy atom. The Morgan fingerprint density at radius 3 is 2.46 bits per heavy atom. The lowest BCUT2D eigenvalue weighted by Gasteiger charge is -2.11. The summed E-state index contributed by atoms with van der Waals surface area (Å²) in [5, 5.41) is 5.37. The molecule has 0 bridgehead atoms. The fourth-order valence-electron chi connectivity index (χ4n) is 3.66. The number of anilines is 1. The molecule has 5 rings (SSSR count). The Labute approximate surface area is 151 Å². The van der Waals surface area contributed by atoms with E-state index in [1.165, 1.54) is 10.8 Å². The molecule has 2 N–H and O–H groups in total. The molecule has 26 heavy (non-hydrogen) atoms. The van der Waals surface area contributed by atoms with E-state index in [1.54, 1.807) is 0 Å². The van der Waals surface area contributed by atoms with Crippen molar-refractivity contribution >= 4 is 34.0 Å². The maximum Gasteiger partial charge on any atom is 0.256 e. The van der Waals surface area contributed by atoms with E-state index >= 15 is 0 Å². The van der Waals surface area contributed by atoms with Crippen LogP contribution in [0.5, 0.6) is 0 Å². The molecule has 0 radical (unpaired) electrons. The fraction of sp³-hybridized carbons (Fsp3) is 0. The van der Waals surface area contributed by atoms with E-state index in [0.717, 1.165) is 28.1 Å². The van der Waals surface area contributed by atoms with E-state index < -0.39 is 0 Å². The standard InChI is InChI=1S/C23H16N2O/c26-23-20(14-16-8-5-13-24-16)22-19(11-4-12-21(22)25-23)18-10-3-7-15-6-1-2-9-17(15)18/h1-14,24H,(H,25,26). The number of carbonyl (C=O) groups is 1. The van der Waals surface area contributed by atoms with Crippen molar-refractivity contribution in [1.29, 1.82) is 0 Å². The summed E-state index contributed by atoms with van der Waals surface area (Å²) in [6.07, 6.45) is 3.77. The Balaban J connectivity index is 1.79. The van der Waals surface area contributed by atoms with E-state index in [1.807, 2.05) is 48.7 Å². The van der Waals surface area contributed by atoms with Gasteiger partial charge in [-0.05, 0) is 46.2 Å². The number of hydrogen-bond acceptors (Lipinski definition) is 1. The summed E-state index contributed by atoms with van der Waals surface area (Å²) < 4.78 is 0. The van der Waals surface area contributed by atoms with Gasteiger partial charge in [0.1, 0.15) is 0 Å². The third-order valence-electron chi connectivity index (χ3n) is 4.83. The normalized spacial score (nSPS) is 14.6. The van der Waals surface area contributed by atoms with Gasteiger partial charge in [-0.2, -0.15) is 0 Å². The highest BCUT2D eigenvalue weighted by Gasteiger charge is 2.27. The molecule has 0 saturated carbocycles. The first kappa shape index (κ1) is 14.7. The van der Waals surface area contributed by atoms with E-state index in [2.05, 4.69) is 46.7 Å². The minimum Gasteiger partial charge on any atom is -0.362 e. The predicted molar refractivity (Wildman–Crippen MR) is 107 cm³/mol. The summed E-state index contributed by atoms with van der Waals surface area (Å²) in [7, 11) is 0. The van der Waals surface area contributed by atoms with Gasteiger partial charge in [0.15, 0.2) is 0 Å². The lowest BCUT2D eigenvalue weighted by atomic mass is 9.91. The minimum absolute atomic E-state index is 0.0673. The number of benzene rings is 3. The maximum absolute atomic E-state index is 12.6. The summed E-state index contributed by atoms with van der Waals surface area (Å²) >= 11 is 0. The molecule has 0 unspecified atom stereocenters. The van der Waals surface area contributed by atoms with Gasteiger partial charge in [0.2, 0.25) is 0 Å². The van der Waals surface area contributed by atoms with Crippen molar-refractivity contribution in [3.63, 3.8) is 0 Å². The molecule has 3 aromatic carbocycles. The Kier molecular flexibility index (Phi) is 3.25. The third kappa shape index (κ3) is 2.25. The van der Waals surface area contributed by atoms with Crippen LogP contribution in [-0.2, 0) is 4.79 Å². The first-order valence-electron chi connectivity index (χ1n) is 8.59. The zero-order valence-corrected chi connectivity index (χ0v) is 14.0. The van der Waals surface area contributed by atoms with Crippen LogP contribution in [0.15, 0.2) is 79.0 Å². The van der Waals surface area contributed by atoms with Gasteiger partial charge < -0.3 is 10.3 Å². The molecule has 3 heteroatoms. The highest BCUT2D eigenvalue weighted by atomic mass is 16.2. The molecule has 2 heterocycles. The number of H-pyrrole nitrogens is 1. The first-order valence-corrected chi connectivity index (χ1v) is 8.59. The molecule has 0 spiro atoms. The zero-order chi connectivity index (χ0) is 17.5. The zero-order valence-electron chi connectivity index (χ0n) is 14.0. The van der Waals surface area contributed by atoms with Crippen molar-refractivity contribution < 1.29 is 4.79 Å². The number of hydrogen-bond donors (Lipinski definition) is 2. The molecule has 0 saturated heterocycles. The van der Waals surface area contributed by atoms with Gasteiger partial charge >= 0.3 is 0 Å². The van der Waals surface area contributed by atoms with E-state index in [0.29, 0.717) is 5.57 Å². The lowest BCUT2D eigenvalue weighted by molar-refractivity contribution is -0.110. The van der Waals surface area contributed by atoms with Crippen molar-refractivity contribution in [3.05, 3.63) is 90.3 Å². The molecule has 1 aliphatic heterocycles. The van der Waals surface area contributed by atoms with E-state index in [-0.39, 0.29) is 5.91 Å². The Hall–Kier alpha value is -3.59. The van der Waals surface area contributed by atoms with Crippen LogP contribution in [0, 0.1) is 0 Å². The van der Waals surface area contributed by atoms with Gasteiger partial charge in [-0.3, -0.25) is 4.79 Å². The molecular formula is C23H16N2O. The van der Waals surface area contributed by atoms with Gasteiger partial charge in [0.05, 0.1) is 5.57 Å². The highest BCUT2D eigenvalue weighted by Crippen LogP contribution is 2.42. The summed E-state index contributed by atoms with van der Waals surface area (Å²) in [6, 6.07) is 24.6. The molecule has 0 atom stereocenters. The number of amides is 1. The second kappa shape index (κ2) is 5.74. The molecule has 0 aliphatic carbocycles. The second-order valence-corrected chi connectivity index (χ2v) is 6.39. The van der Waals surface area contributed by atoms with Crippen molar-refractivity contribution in [2.75, 3.05) is 5.32 Å². The van der Waals surface area contributed by atoms with Gasteiger partial charge in [0, 0.05) is 23.1 Å². The quantitative estimate of drug-likeness (QED) is 0.478. The van der Waals surface area contributed by atoms with Crippen LogP contribution in [0.1, 0.15) is 11.3 Å². The van der Waals surface area contributed by atoms with Crippen LogP contribution in [0.25, 0.3) is 33.5 Å². The van der Waals surface area contributed by atoms with Crippen LogP contribution in [0.3, 0.4) is 0 Å². The molecule has 0 fully saturated rings. The first-order chi connectivity index (χ1) is 12.8. The molecule has 124 valence electrons. The van der Waals surface area contributed by atoms with Crippen molar-refractivity contribution in [3.8, 4) is 11.1 Å². The SMILES string of the molecule is O=C1Nc2cccc(-c3cccc4ccccc34)c2C1=Cc1ccc[nH]1. The number of aromatic amines is 1. The molecule has 1 aromatic heterocycles. The van der Waals surface area contributed by atoms with E-state index in [9.17, 15) is 4.79 Å². The number of nitrogens with one attached hydrogen (secondary N) is 2. The van der Waals surface area contributed by atoms with E-state index in [4.69, 9.17) is 0 Å². The number of rotatable bonds is 2. The number of aromatic nitrogens is 1. The van der Waals surface area contributed by atoms with Gasteiger partial charge in [-0.25, -0.2) is 0 Å². The minimum atomic E-state index is -0.0673. The van der Waals surface area contributed by atoms with Gasteiger partial charge in [0.25, 0.3) is 5.91 Å². The lowest BCUT2D eigenvalue weighted by Crippen LogP contribution is -2.03. The summed E-state index contributed by atoms with van der Waals surface area (Å²) in [5.41, 5.74) is 5.62. The monoisotopic (exact) mass is 336 g/mol. The largest absolute Gasteiger partial charge is 0.362 e. The third-order valence-corrected chi connectivity index (χ3v) is 4.83. The second-order valence-electron chi connectivity index (χ2n) is 6.39. The Morgan fingerprint density at radius 2 is 1.58 bits per heavy atom. The highest BCUT2D eigenvalue weighted by molar-refractivity contribution is 6.36. The summed E-state index contributed by atoms with van der Waals surface area (Å²) in [4.78, 5) is 15.8. The van der Waals surface area contributed by atoms with Crippen molar-refractivity contribution in [2.24, 2.45) is 0 Å². The van der Waals surface area contributed by atoms with Gasteiger partial charge in [-0.15, -0.1) is 0 Å². The van der Waals surface area contributed by atoms with Crippen LogP contribution in [0.2, 0.25) is 0 Å². The average molecular weight is 336 g/mol. The van der Waals surface area contributed by atoms with Crippen molar-refractivity contribution in [2.45, 2.75) is 0 Å². The molecular weight excluding hydrogens is 320 g/mol. The van der Waals surface area contributed by atoms with Crippen LogP contribution < -0.4 is 5.32 Å². The topological polar surface area (TPSA) is 44.9 Å². The smallest absolute Gasteiger partial charge is 0.256 e. The molecule has 1 amide bonds. The summed E-state index contributed by atoms with van der Waals surface area (Å²) in [5.74, 6) is -0.0673. The summed E-state index contributed by atoms with van der Waals surface area (Å²) in [6.45, 7) is 0. The maximum atomic E-state index is 12.6. The average Bonchev–Trinajstić information content (AvgIpc) is 3.29. The van der Waals surface area contributed by atoms with Crippen LogP contribution in [-0.4, -0.2) is 10.9 Å². The molecule has 3 nitrogen and oxygen atoms in total. The molecule has 1 aliphatic rings. The van der Waals surface area contributed by atoms with Crippen LogP contribution in [0.4, 0.5) is 5.69 Å². The van der Waals surface area contributed by atoms with Crippen LogP contribution >= 0.6 is 0 Å². The van der Waals surface area contributed by atoms with Gasteiger partial charge in [-0.1, -0.05) is 54.6 Å². The number of carbonyl (C=O) groups excluding carboxylic acids is 1. The van der Waals surface area contributed by atoms with Crippen molar-refractivity contribution in [1.82, 2.24) is 4.98 Å². The number of fused-ring (bicyclic) bond motifs is 2. The predicted octanol–water partition coefficient (Wildman–Crippen LogP) is 5.33. The fourth-order valence-corrected chi connectivity index (χ4v) is 3.66. The molecule has 4 aromatic rings.